The van der Waals surface area contributed by atoms with Gasteiger partial charge in [-0.2, -0.15) is 0 Å². The fourth-order valence-electron chi connectivity index (χ4n) is 3.16. The Morgan fingerprint density at radius 3 is 2.21 bits per heavy atom. The van der Waals surface area contributed by atoms with Crippen LogP contribution in [0.4, 0.5) is 5.69 Å². The van der Waals surface area contributed by atoms with Gasteiger partial charge in [-0.15, -0.1) is 0 Å². The highest BCUT2D eigenvalue weighted by molar-refractivity contribution is 7.94. The molecule has 2 amide bonds. The van der Waals surface area contributed by atoms with E-state index in [2.05, 4.69) is 0 Å². The Bertz CT molecular complexity index is 749. The van der Waals surface area contributed by atoms with Gasteiger partial charge in [0, 0.05) is 12.0 Å². The van der Waals surface area contributed by atoms with Crippen LogP contribution in [0.15, 0.2) is 24.3 Å². The van der Waals surface area contributed by atoms with E-state index in [1.165, 1.54) is 12.1 Å². The maximum absolute atomic E-state index is 12.7. The lowest BCUT2D eigenvalue weighted by Gasteiger charge is -2.38. The fraction of sp³-hybridized carbons (Fsp3) is 0.500. The van der Waals surface area contributed by atoms with Gasteiger partial charge in [0.05, 0.1) is 36.7 Å². The summed E-state index contributed by atoms with van der Waals surface area (Å²) in [4.78, 5) is 26.3. The molecule has 24 heavy (non-hydrogen) atoms. The van der Waals surface area contributed by atoms with Crippen LogP contribution >= 0.6 is 0 Å². The lowest BCUT2D eigenvalue weighted by atomic mass is 10.1. The van der Waals surface area contributed by atoms with Crippen LogP contribution in [0.25, 0.3) is 0 Å². The average Bonchev–Trinajstić information content (AvgIpc) is 2.80. The fourth-order valence-corrected chi connectivity index (χ4v) is 4.62. The minimum absolute atomic E-state index is 0.00811. The van der Waals surface area contributed by atoms with E-state index in [4.69, 9.17) is 4.74 Å². The number of sulfonamides is 1. The number of ether oxygens (including phenoxy) is 1. The molecule has 0 saturated carbocycles. The molecule has 2 saturated heterocycles. The molecule has 0 aromatic heterocycles. The van der Waals surface area contributed by atoms with Crippen LogP contribution in [0.3, 0.4) is 0 Å². The second kappa shape index (κ2) is 6.18. The highest BCUT2D eigenvalue weighted by atomic mass is 32.2. The molecular weight excluding hydrogens is 332 g/mol. The Balaban J connectivity index is 1.84. The maximum atomic E-state index is 12.7. The van der Waals surface area contributed by atoms with Gasteiger partial charge in [-0.25, -0.2) is 12.7 Å². The summed E-state index contributed by atoms with van der Waals surface area (Å²) in [5, 5.41) is 0. The predicted molar refractivity (Wildman–Crippen MR) is 88.2 cm³/mol. The first-order valence-electron chi connectivity index (χ1n) is 7.87. The first kappa shape index (κ1) is 16.9. The summed E-state index contributed by atoms with van der Waals surface area (Å²) in [7, 11) is -3.59. The van der Waals surface area contributed by atoms with Crippen molar-refractivity contribution in [1.29, 1.82) is 0 Å². The summed E-state index contributed by atoms with van der Waals surface area (Å²) in [5.74, 6) is -0.736. The average molecular weight is 352 g/mol. The van der Waals surface area contributed by atoms with E-state index < -0.39 is 15.9 Å². The van der Waals surface area contributed by atoms with Gasteiger partial charge in [0.2, 0.25) is 15.9 Å². The molecule has 1 aromatic rings. The number of anilines is 1. The second-order valence-electron chi connectivity index (χ2n) is 6.22. The Labute approximate surface area is 141 Å². The second-order valence-corrected chi connectivity index (χ2v) is 8.16. The van der Waals surface area contributed by atoms with Crippen molar-refractivity contribution in [2.45, 2.75) is 32.4 Å². The first-order valence-corrected chi connectivity index (χ1v) is 9.48. The minimum atomic E-state index is -3.59. The number of hydrogen-bond donors (Lipinski definition) is 0. The van der Waals surface area contributed by atoms with Crippen LogP contribution in [0.5, 0.6) is 0 Å². The van der Waals surface area contributed by atoms with Crippen molar-refractivity contribution < 1.29 is 22.7 Å². The molecule has 0 N–H and O–H groups in total. The van der Waals surface area contributed by atoms with E-state index in [9.17, 15) is 18.0 Å². The molecule has 2 aliphatic heterocycles. The zero-order valence-corrected chi connectivity index (χ0v) is 14.5. The third-order valence-corrected chi connectivity index (χ3v) is 6.02. The highest BCUT2D eigenvalue weighted by Crippen LogP contribution is 2.26. The summed E-state index contributed by atoms with van der Waals surface area (Å²) in [6, 6.07) is 6.08. The van der Waals surface area contributed by atoms with Gasteiger partial charge in [0.25, 0.3) is 5.91 Å². The summed E-state index contributed by atoms with van der Waals surface area (Å²) in [6.07, 6.45) is -0.00811. The third kappa shape index (κ3) is 2.91. The summed E-state index contributed by atoms with van der Waals surface area (Å²) in [6.45, 7) is 4.85. The van der Waals surface area contributed by atoms with Crippen molar-refractivity contribution in [3.05, 3.63) is 29.8 Å². The molecular formula is C16H20N2O5S. The van der Waals surface area contributed by atoms with Crippen molar-refractivity contribution in [2.75, 3.05) is 23.3 Å². The van der Waals surface area contributed by atoms with Crippen LogP contribution in [0.1, 0.15) is 30.6 Å². The zero-order valence-electron chi connectivity index (χ0n) is 13.6. The normalized spacial score (nSPS) is 26.7. The van der Waals surface area contributed by atoms with E-state index in [1.807, 2.05) is 13.8 Å². The van der Waals surface area contributed by atoms with Crippen molar-refractivity contribution in [3.8, 4) is 0 Å². The summed E-state index contributed by atoms with van der Waals surface area (Å²) < 4.78 is 30.1. The predicted octanol–water partition coefficient (Wildman–Crippen LogP) is 1.00. The quantitative estimate of drug-likeness (QED) is 0.793. The van der Waals surface area contributed by atoms with Crippen LogP contribution in [-0.2, 0) is 19.6 Å². The number of morpholine rings is 1. The van der Waals surface area contributed by atoms with E-state index >= 15 is 0 Å². The van der Waals surface area contributed by atoms with Gasteiger partial charge in [-0.3, -0.25) is 9.59 Å². The number of carbonyl (C=O) groups is 2. The smallest absolute Gasteiger partial charge is 0.254 e. The van der Waals surface area contributed by atoms with E-state index in [1.54, 1.807) is 17.0 Å². The molecule has 3 rings (SSSR count). The Kier molecular flexibility index (Phi) is 4.35. The Hall–Kier alpha value is -1.93. The zero-order chi connectivity index (χ0) is 17.5. The molecule has 2 unspecified atom stereocenters. The number of nitrogens with zero attached hydrogens (tertiary/aromatic N) is 2. The number of amides is 2. The monoisotopic (exact) mass is 352 g/mol. The van der Waals surface area contributed by atoms with Crippen LogP contribution in [0.2, 0.25) is 0 Å². The molecule has 0 spiro atoms. The van der Waals surface area contributed by atoms with E-state index in [0.29, 0.717) is 18.8 Å². The molecule has 2 atom stereocenters. The summed E-state index contributed by atoms with van der Waals surface area (Å²) >= 11 is 0. The van der Waals surface area contributed by atoms with Gasteiger partial charge in [0.15, 0.2) is 0 Å². The van der Waals surface area contributed by atoms with E-state index in [-0.39, 0.29) is 35.9 Å². The molecule has 2 heterocycles. The number of benzene rings is 1. The standard InChI is InChI=1S/C16H20N2O5S/c1-11-9-23-10-12(2)17(11)16(20)13-3-5-14(6-4-13)18-15(19)7-8-24(18,21)22/h3-6,11-12H,7-10H2,1-2H3. The Morgan fingerprint density at radius 2 is 1.71 bits per heavy atom. The van der Waals surface area contributed by atoms with Gasteiger partial charge >= 0.3 is 0 Å². The highest BCUT2D eigenvalue weighted by Gasteiger charge is 2.36. The number of hydrogen-bond acceptors (Lipinski definition) is 5. The van der Waals surface area contributed by atoms with Crippen molar-refractivity contribution in [1.82, 2.24) is 4.90 Å². The number of rotatable bonds is 2. The molecule has 0 bridgehead atoms. The van der Waals surface area contributed by atoms with E-state index in [0.717, 1.165) is 4.31 Å². The molecule has 0 radical (unpaired) electrons. The molecule has 2 fully saturated rings. The molecule has 2 aliphatic rings. The topological polar surface area (TPSA) is 84.0 Å². The lowest BCUT2D eigenvalue weighted by Crippen LogP contribution is -2.52. The van der Waals surface area contributed by atoms with Gasteiger partial charge in [-0.05, 0) is 38.1 Å². The van der Waals surface area contributed by atoms with Crippen LogP contribution in [-0.4, -0.2) is 56.2 Å². The molecule has 0 aliphatic carbocycles. The van der Waals surface area contributed by atoms with Crippen molar-refractivity contribution in [2.24, 2.45) is 0 Å². The van der Waals surface area contributed by atoms with Gasteiger partial charge in [-0.1, -0.05) is 0 Å². The summed E-state index contributed by atoms with van der Waals surface area (Å²) in [5.41, 5.74) is 0.737. The lowest BCUT2D eigenvalue weighted by molar-refractivity contribution is -0.116. The molecule has 1 aromatic carbocycles. The number of carbonyl (C=O) groups excluding carboxylic acids is 2. The maximum Gasteiger partial charge on any atom is 0.254 e. The largest absolute Gasteiger partial charge is 0.377 e. The van der Waals surface area contributed by atoms with Crippen molar-refractivity contribution in [3.63, 3.8) is 0 Å². The molecule has 8 heteroatoms. The molecule has 7 nitrogen and oxygen atoms in total. The van der Waals surface area contributed by atoms with Crippen molar-refractivity contribution >= 4 is 27.5 Å². The molecule has 130 valence electrons. The SMILES string of the molecule is CC1COCC(C)N1C(=O)c1ccc(N2C(=O)CCS2(=O)=O)cc1. The van der Waals surface area contributed by atoms with Gasteiger partial charge in [0.1, 0.15) is 0 Å². The van der Waals surface area contributed by atoms with Gasteiger partial charge < -0.3 is 9.64 Å². The Morgan fingerprint density at radius 1 is 1.12 bits per heavy atom. The van der Waals surface area contributed by atoms with Crippen LogP contribution in [0, 0.1) is 0 Å². The first-order chi connectivity index (χ1) is 11.3. The minimum Gasteiger partial charge on any atom is -0.377 e. The third-order valence-electron chi connectivity index (χ3n) is 4.33. The van der Waals surface area contributed by atoms with Crippen LogP contribution < -0.4 is 4.31 Å².